The van der Waals surface area contributed by atoms with Crippen molar-refractivity contribution in [1.82, 2.24) is 15.0 Å². The van der Waals surface area contributed by atoms with E-state index in [0.29, 0.717) is 51.3 Å². The largest absolute Gasteiger partial charge is 0.493 e. The molecule has 1 aliphatic rings. The second-order valence-corrected chi connectivity index (χ2v) is 6.96. The summed E-state index contributed by atoms with van der Waals surface area (Å²) in [5, 5.41) is 0.613. The number of fused-ring (bicyclic) bond motifs is 2. The first kappa shape index (κ1) is 19.7. The average Bonchev–Trinajstić information content (AvgIpc) is 3.30. The molecule has 9 nitrogen and oxygen atoms in total. The Hall–Kier alpha value is -4.27. The fraction of sp³-hybridized carbons (Fsp3) is 0.174. The first-order valence-corrected chi connectivity index (χ1v) is 9.75. The van der Waals surface area contributed by atoms with Crippen molar-refractivity contribution in [2.45, 2.75) is 0 Å². The molecule has 2 N–H and O–H groups in total. The molecule has 5 rings (SSSR count). The minimum Gasteiger partial charge on any atom is -0.493 e. The van der Waals surface area contributed by atoms with Gasteiger partial charge < -0.3 is 29.4 Å². The van der Waals surface area contributed by atoms with Gasteiger partial charge in [-0.1, -0.05) is 0 Å². The summed E-state index contributed by atoms with van der Waals surface area (Å²) in [5.74, 6) is 3.19. The van der Waals surface area contributed by atoms with E-state index in [1.54, 1.807) is 21.3 Å². The number of benzene rings is 2. The Morgan fingerprint density at radius 2 is 1.66 bits per heavy atom. The van der Waals surface area contributed by atoms with Crippen LogP contribution in [0, 0.1) is 0 Å². The molecule has 0 radical (unpaired) electrons. The SMILES string of the molecule is COc1ccc(-c2cc(-c3ccc4c(c3)OCO4)nc3ncnc(N)c23)c(OC)c1OC. The Morgan fingerprint density at radius 1 is 0.844 bits per heavy atom. The van der Waals surface area contributed by atoms with Crippen LogP contribution in [-0.4, -0.2) is 43.1 Å². The zero-order chi connectivity index (χ0) is 22.2. The molecule has 2 aromatic heterocycles. The summed E-state index contributed by atoms with van der Waals surface area (Å²) >= 11 is 0. The summed E-state index contributed by atoms with van der Waals surface area (Å²) in [4.78, 5) is 13.3. The van der Waals surface area contributed by atoms with Gasteiger partial charge in [0.15, 0.2) is 28.6 Å². The highest BCUT2D eigenvalue weighted by Gasteiger charge is 2.22. The van der Waals surface area contributed by atoms with E-state index in [1.807, 2.05) is 36.4 Å². The van der Waals surface area contributed by atoms with Crippen LogP contribution < -0.4 is 29.4 Å². The first-order chi connectivity index (χ1) is 15.6. The van der Waals surface area contributed by atoms with Gasteiger partial charge in [0, 0.05) is 16.7 Å². The number of nitrogens with zero attached hydrogens (tertiary/aromatic N) is 3. The van der Waals surface area contributed by atoms with Gasteiger partial charge in [-0.2, -0.15) is 0 Å². The van der Waals surface area contributed by atoms with Gasteiger partial charge in [0.25, 0.3) is 0 Å². The molecule has 0 saturated heterocycles. The van der Waals surface area contributed by atoms with Crippen LogP contribution in [0.3, 0.4) is 0 Å². The average molecular weight is 432 g/mol. The van der Waals surface area contributed by atoms with Gasteiger partial charge >= 0.3 is 0 Å². The van der Waals surface area contributed by atoms with Crippen molar-refractivity contribution in [3.8, 4) is 51.1 Å². The number of pyridine rings is 1. The molecule has 162 valence electrons. The number of aromatic nitrogens is 3. The van der Waals surface area contributed by atoms with Crippen LogP contribution in [-0.2, 0) is 0 Å². The maximum Gasteiger partial charge on any atom is 0.231 e. The van der Waals surface area contributed by atoms with Crippen LogP contribution in [0.15, 0.2) is 42.7 Å². The molecular formula is C23H20N4O5. The Bertz CT molecular complexity index is 1340. The third-order valence-corrected chi connectivity index (χ3v) is 5.30. The van der Waals surface area contributed by atoms with Crippen LogP contribution in [0.1, 0.15) is 0 Å². The van der Waals surface area contributed by atoms with Crippen LogP contribution in [0.4, 0.5) is 5.82 Å². The van der Waals surface area contributed by atoms with E-state index < -0.39 is 0 Å². The Balaban J connectivity index is 1.80. The Kier molecular flexibility index (Phi) is 4.78. The van der Waals surface area contributed by atoms with E-state index in [1.165, 1.54) is 6.33 Å². The van der Waals surface area contributed by atoms with Gasteiger partial charge in [-0.3, -0.25) is 0 Å². The zero-order valence-electron chi connectivity index (χ0n) is 17.7. The lowest BCUT2D eigenvalue weighted by Crippen LogP contribution is -2.01. The molecule has 0 bridgehead atoms. The smallest absolute Gasteiger partial charge is 0.231 e. The van der Waals surface area contributed by atoms with Gasteiger partial charge in [-0.15, -0.1) is 0 Å². The fourth-order valence-corrected chi connectivity index (χ4v) is 3.82. The minimum absolute atomic E-state index is 0.196. The van der Waals surface area contributed by atoms with Gasteiger partial charge in [0.05, 0.1) is 32.4 Å². The molecule has 0 atom stereocenters. The van der Waals surface area contributed by atoms with Crippen molar-refractivity contribution >= 4 is 16.9 Å². The maximum absolute atomic E-state index is 6.25. The quantitative estimate of drug-likeness (QED) is 0.505. The van der Waals surface area contributed by atoms with Crippen LogP contribution in [0.5, 0.6) is 28.7 Å². The molecule has 32 heavy (non-hydrogen) atoms. The zero-order valence-corrected chi connectivity index (χ0v) is 17.7. The summed E-state index contributed by atoms with van der Waals surface area (Å²) < 4.78 is 27.7. The van der Waals surface area contributed by atoms with Crippen LogP contribution >= 0.6 is 0 Å². The van der Waals surface area contributed by atoms with Crippen LogP contribution in [0.2, 0.25) is 0 Å². The molecular weight excluding hydrogens is 412 g/mol. The molecule has 2 aromatic carbocycles. The number of hydrogen-bond acceptors (Lipinski definition) is 9. The lowest BCUT2D eigenvalue weighted by molar-refractivity contribution is 0.174. The summed E-state index contributed by atoms with van der Waals surface area (Å²) in [6.45, 7) is 0.196. The van der Waals surface area contributed by atoms with Gasteiger partial charge in [-0.25, -0.2) is 15.0 Å². The summed E-state index contributed by atoms with van der Waals surface area (Å²) in [7, 11) is 4.70. The van der Waals surface area contributed by atoms with E-state index >= 15 is 0 Å². The molecule has 0 unspecified atom stereocenters. The third kappa shape index (κ3) is 3.06. The molecule has 1 aliphatic heterocycles. The highest BCUT2D eigenvalue weighted by molar-refractivity contribution is 6.02. The predicted molar refractivity (Wildman–Crippen MR) is 118 cm³/mol. The van der Waals surface area contributed by atoms with E-state index in [9.17, 15) is 0 Å². The molecule has 0 spiro atoms. The Morgan fingerprint density at radius 3 is 2.44 bits per heavy atom. The molecule has 0 aliphatic carbocycles. The standard InChI is InChI=1S/C23H20N4O5/c1-28-17-7-5-13(20(29-2)21(17)30-3)14-9-15(27-23-19(14)22(24)25-10-26-23)12-4-6-16-18(8-12)32-11-31-16/h4-10H,11H2,1-3H3,(H2,24,25,26,27). The van der Waals surface area contributed by atoms with Crippen molar-refractivity contribution < 1.29 is 23.7 Å². The lowest BCUT2D eigenvalue weighted by atomic mass is 9.98. The number of hydrogen-bond donors (Lipinski definition) is 1. The summed E-state index contributed by atoms with van der Waals surface area (Å²) in [6.07, 6.45) is 1.39. The Labute approximate surface area is 183 Å². The van der Waals surface area contributed by atoms with E-state index in [4.69, 9.17) is 34.4 Å². The minimum atomic E-state index is 0.196. The van der Waals surface area contributed by atoms with Crippen molar-refractivity contribution in [2.75, 3.05) is 33.9 Å². The van der Waals surface area contributed by atoms with Crippen molar-refractivity contribution in [3.05, 3.63) is 42.7 Å². The lowest BCUT2D eigenvalue weighted by Gasteiger charge is -2.18. The highest BCUT2D eigenvalue weighted by atomic mass is 16.7. The molecule has 9 heteroatoms. The molecule has 0 amide bonds. The molecule has 3 heterocycles. The second kappa shape index (κ2) is 7.77. The first-order valence-electron chi connectivity index (χ1n) is 9.75. The highest BCUT2D eigenvalue weighted by Crippen LogP contribution is 2.47. The van der Waals surface area contributed by atoms with Gasteiger partial charge in [-0.05, 0) is 36.4 Å². The number of methoxy groups -OCH3 is 3. The second-order valence-electron chi connectivity index (χ2n) is 6.96. The summed E-state index contributed by atoms with van der Waals surface area (Å²) in [6, 6.07) is 11.3. The molecule has 4 aromatic rings. The van der Waals surface area contributed by atoms with Crippen molar-refractivity contribution in [2.24, 2.45) is 0 Å². The number of rotatable bonds is 5. The maximum atomic E-state index is 6.25. The van der Waals surface area contributed by atoms with Gasteiger partial charge in [0.2, 0.25) is 12.5 Å². The number of nitrogens with two attached hydrogens (primary N) is 1. The molecule has 0 fully saturated rings. The van der Waals surface area contributed by atoms with Crippen molar-refractivity contribution in [1.29, 1.82) is 0 Å². The predicted octanol–water partition coefficient (Wildman–Crippen LogP) is 3.70. The fourth-order valence-electron chi connectivity index (χ4n) is 3.82. The number of nitrogen functional groups attached to an aromatic ring is 1. The number of anilines is 1. The summed E-state index contributed by atoms with van der Waals surface area (Å²) in [5.41, 5.74) is 9.72. The van der Waals surface area contributed by atoms with E-state index in [2.05, 4.69) is 9.97 Å². The van der Waals surface area contributed by atoms with Crippen molar-refractivity contribution in [3.63, 3.8) is 0 Å². The van der Waals surface area contributed by atoms with E-state index in [-0.39, 0.29) is 6.79 Å². The normalized spacial score (nSPS) is 12.1. The topological polar surface area (TPSA) is 111 Å². The van der Waals surface area contributed by atoms with E-state index in [0.717, 1.165) is 16.7 Å². The monoisotopic (exact) mass is 432 g/mol. The molecule has 0 saturated carbocycles. The number of ether oxygens (including phenoxy) is 5. The van der Waals surface area contributed by atoms with Crippen LogP contribution in [0.25, 0.3) is 33.4 Å². The van der Waals surface area contributed by atoms with Gasteiger partial charge in [0.1, 0.15) is 12.1 Å². The third-order valence-electron chi connectivity index (χ3n) is 5.30.